The molecule has 6 nitrogen and oxygen atoms in total. The minimum absolute atomic E-state index is 0.0563. The molecule has 0 aliphatic carbocycles. The van der Waals surface area contributed by atoms with E-state index in [-0.39, 0.29) is 10.6 Å². The summed E-state index contributed by atoms with van der Waals surface area (Å²) in [6.45, 7) is 4.84. The zero-order valence-electron chi connectivity index (χ0n) is 19.0. The maximum Gasteiger partial charge on any atom is 0.271 e. The van der Waals surface area contributed by atoms with Crippen LogP contribution >= 0.6 is 11.6 Å². The molecule has 3 aromatic carbocycles. The summed E-state index contributed by atoms with van der Waals surface area (Å²) in [5.74, 6) is 0.450. The summed E-state index contributed by atoms with van der Waals surface area (Å²) in [6.07, 6.45) is 3.60. The zero-order valence-corrected chi connectivity index (χ0v) is 20.6. The van der Waals surface area contributed by atoms with Crippen molar-refractivity contribution in [1.82, 2.24) is 0 Å². The van der Waals surface area contributed by atoms with Crippen molar-refractivity contribution in [2.75, 3.05) is 17.5 Å². The van der Waals surface area contributed by atoms with Crippen molar-refractivity contribution in [2.24, 2.45) is 0 Å². The van der Waals surface area contributed by atoms with Crippen LogP contribution in [0.2, 0.25) is 5.02 Å². The van der Waals surface area contributed by atoms with Crippen LogP contribution in [-0.2, 0) is 14.8 Å². The number of rotatable bonds is 10. The van der Waals surface area contributed by atoms with Crippen LogP contribution in [0.3, 0.4) is 0 Å². The first-order valence-electron chi connectivity index (χ1n) is 10.8. The molecule has 0 spiro atoms. The van der Waals surface area contributed by atoms with Gasteiger partial charge in [0.15, 0.2) is 0 Å². The Kier molecular flexibility index (Phi) is 8.73. The molecule has 178 valence electrons. The van der Waals surface area contributed by atoms with Gasteiger partial charge in [-0.15, -0.1) is 0 Å². The molecule has 0 radical (unpaired) electrons. The van der Waals surface area contributed by atoms with Gasteiger partial charge in [0.05, 0.1) is 23.8 Å². The van der Waals surface area contributed by atoms with E-state index >= 15 is 0 Å². The van der Waals surface area contributed by atoms with E-state index in [1.807, 2.05) is 26.0 Å². The minimum atomic E-state index is -4.22. The number of nitrogens with zero attached hydrogens (tertiary/aromatic N) is 1. The maximum atomic E-state index is 13.5. The lowest BCUT2D eigenvalue weighted by Crippen LogP contribution is -2.35. The molecule has 0 unspecified atom stereocenters. The Morgan fingerprint density at radius 2 is 1.62 bits per heavy atom. The number of benzene rings is 3. The molecule has 0 atom stereocenters. The van der Waals surface area contributed by atoms with Gasteiger partial charge in [-0.3, -0.25) is 4.79 Å². The molecule has 0 aliphatic heterocycles. The second-order valence-electron chi connectivity index (χ2n) is 7.21. The van der Waals surface area contributed by atoms with E-state index in [2.05, 4.69) is 0 Å². The van der Waals surface area contributed by atoms with E-state index in [1.54, 1.807) is 30.3 Å². The van der Waals surface area contributed by atoms with Crippen LogP contribution in [0.15, 0.2) is 83.8 Å². The van der Waals surface area contributed by atoms with Gasteiger partial charge in [-0.25, -0.2) is 8.42 Å². The van der Waals surface area contributed by atoms with Crippen LogP contribution in [0.1, 0.15) is 25.8 Å². The Morgan fingerprint density at radius 1 is 0.941 bits per heavy atom. The SMILES string of the molecule is CCCOc1ccccc1/C=C/C(=O)N(c1ccc(OCC)cc1)S(=O)(=O)c1ccc(Cl)cc1. The van der Waals surface area contributed by atoms with Gasteiger partial charge < -0.3 is 9.47 Å². The minimum Gasteiger partial charge on any atom is -0.494 e. The van der Waals surface area contributed by atoms with Crippen molar-refractivity contribution in [3.63, 3.8) is 0 Å². The molecule has 34 heavy (non-hydrogen) atoms. The molecule has 8 heteroatoms. The number of hydrogen-bond donors (Lipinski definition) is 0. The molecule has 0 N–H and O–H groups in total. The molecule has 0 heterocycles. The Hall–Kier alpha value is -3.29. The zero-order chi connectivity index (χ0) is 24.6. The van der Waals surface area contributed by atoms with Crippen molar-refractivity contribution >= 4 is 39.3 Å². The Bertz CT molecular complexity index is 1240. The number of anilines is 1. The number of ether oxygens (including phenoxy) is 2. The van der Waals surface area contributed by atoms with E-state index in [4.69, 9.17) is 21.1 Å². The predicted octanol–water partition coefficient (Wildman–Crippen LogP) is 5.96. The third-order valence-corrected chi connectivity index (χ3v) is 6.71. The van der Waals surface area contributed by atoms with Gasteiger partial charge in [-0.2, -0.15) is 4.31 Å². The molecule has 3 rings (SSSR count). The summed E-state index contributed by atoms with van der Waals surface area (Å²) in [7, 11) is -4.22. The van der Waals surface area contributed by atoms with Gasteiger partial charge >= 0.3 is 0 Å². The first-order valence-corrected chi connectivity index (χ1v) is 12.7. The molecule has 0 aliphatic rings. The monoisotopic (exact) mass is 499 g/mol. The summed E-state index contributed by atoms with van der Waals surface area (Å²) in [4.78, 5) is 13.2. The third-order valence-electron chi connectivity index (χ3n) is 4.72. The topological polar surface area (TPSA) is 72.9 Å². The third kappa shape index (κ3) is 6.18. The molecule has 3 aromatic rings. The van der Waals surface area contributed by atoms with E-state index in [0.717, 1.165) is 10.7 Å². The Morgan fingerprint density at radius 3 is 2.26 bits per heavy atom. The molecule has 0 saturated heterocycles. The molecular formula is C26H26ClNO5S. The lowest BCUT2D eigenvalue weighted by molar-refractivity contribution is -0.113. The van der Waals surface area contributed by atoms with E-state index < -0.39 is 15.9 Å². The molecular weight excluding hydrogens is 474 g/mol. The van der Waals surface area contributed by atoms with Crippen LogP contribution in [-0.4, -0.2) is 27.5 Å². The number of carbonyl (C=O) groups is 1. The van der Waals surface area contributed by atoms with Gasteiger partial charge in [0, 0.05) is 16.7 Å². The number of sulfonamides is 1. The lowest BCUT2D eigenvalue weighted by atomic mass is 10.2. The summed E-state index contributed by atoms with van der Waals surface area (Å²) in [5, 5.41) is 0.390. The van der Waals surface area contributed by atoms with Gasteiger partial charge in [0.25, 0.3) is 15.9 Å². The molecule has 0 saturated carbocycles. The van der Waals surface area contributed by atoms with E-state index in [9.17, 15) is 13.2 Å². The fraction of sp³-hybridized carbons (Fsp3) is 0.192. The van der Waals surface area contributed by atoms with Gasteiger partial charge in [-0.05, 0) is 74.0 Å². The van der Waals surface area contributed by atoms with E-state index in [0.29, 0.717) is 35.3 Å². The number of amides is 1. The average molecular weight is 500 g/mol. The normalized spacial score (nSPS) is 11.4. The van der Waals surface area contributed by atoms with Crippen molar-refractivity contribution in [3.8, 4) is 11.5 Å². The lowest BCUT2D eigenvalue weighted by Gasteiger charge is -2.22. The Balaban J connectivity index is 2.01. The smallest absolute Gasteiger partial charge is 0.271 e. The van der Waals surface area contributed by atoms with Gasteiger partial charge in [0.1, 0.15) is 11.5 Å². The highest BCUT2D eigenvalue weighted by molar-refractivity contribution is 7.93. The largest absolute Gasteiger partial charge is 0.494 e. The van der Waals surface area contributed by atoms with Crippen LogP contribution in [0.5, 0.6) is 11.5 Å². The summed E-state index contributed by atoms with van der Waals surface area (Å²) in [5.41, 5.74) is 0.850. The summed E-state index contributed by atoms with van der Waals surface area (Å²) < 4.78 is 38.9. The quantitative estimate of drug-likeness (QED) is 0.322. The molecule has 0 fully saturated rings. The highest BCUT2D eigenvalue weighted by Gasteiger charge is 2.30. The fourth-order valence-electron chi connectivity index (χ4n) is 3.13. The molecule has 0 aromatic heterocycles. The van der Waals surface area contributed by atoms with Crippen molar-refractivity contribution in [3.05, 3.63) is 89.5 Å². The number of carbonyl (C=O) groups excluding carboxylic acids is 1. The predicted molar refractivity (Wildman–Crippen MR) is 135 cm³/mol. The fourth-order valence-corrected chi connectivity index (χ4v) is 4.65. The number of halogens is 1. The first-order chi connectivity index (χ1) is 16.4. The first kappa shape index (κ1) is 25.3. The highest BCUT2D eigenvalue weighted by atomic mass is 35.5. The maximum absolute atomic E-state index is 13.5. The molecule has 1 amide bonds. The second kappa shape index (κ2) is 11.7. The van der Waals surface area contributed by atoms with Crippen molar-refractivity contribution < 1.29 is 22.7 Å². The van der Waals surface area contributed by atoms with Crippen molar-refractivity contribution in [1.29, 1.82) is 0 Å². The standard InChI is InChI=1S/C26H26ClNO5S/c1-3-19-33-25-8-6-5-7-20(25)9-18-26(29)28(22-12-14-23(15-13-22)32-4-2)34(30,31)24-16-10-21(27)11-17-24/h5-18H,3-4,19H2,1-2H3/b18-9+. The van der Waals surface area contributed by atoms with Crippen LogP contribution in [0.25, 0.3) is 6.08 Å². The highest BCUT2D eigenvalue weighted by Crippen LogP contribution is 2.28. The van der Waals surface area contributed by atoms with Crippen LogP contribution in [0.4, 0.5) is 5.69 Å². The second-order valence-corrected chi connectivity index (χ2v) is 9.43. The number of hydrogen-bond acceptors (Lipinski definition) is 5. The summed E-state index contributed by atoms with van der Waals surface area (Å²) in [6, 6.07) is 19.2. The Labute approximate surface area is 205 Å². The van der Waals surface area contributed by atoms with Crippen molar-refractivity contribution in [2.45, 2.75) is 25.2 Å². The average Bonchev–Trinajstić information content (AvgIpc) is 2.83. The summed E-state index contributed by atoms with van der Waals surface area (Å²) >= 11 is 5.92. The number of para-hydroxylation sites is 1. The van der Waals surface area contributed by atoms with Crippen LogP contribution in [0, 0.1) is 0 Å². The van der Waals surface area contributed by atoms with E-state index in [1.165, 1.54) is 42.5 Å². The van der Waals surface area contributed by atoms with Crippen LogP contribution < -0.4 is 13.8 Å². The molecule has 0 bridgehead atoms. The van der Waals surface area contributed by atoms with Gasteiger partial charge in [-0.1, -0.05) is 36.7 Å². The van der Waals surface area contributed by atoms with Gasteiger partial charge in [0.2, 0.25) is 0 Å².